The smallest absolute Gasteiger partial charge is 0.270 e. The second-order valence-corrected chi connectivity index (χ2v) is 6.63. The summed E-state index contributed by atoms with van der Waals surface area (Å²) >= 11 is 0. The van der Waals surface area contributed by atoms with Crippen molar-refractivity contribution in [3.05, 3.63) is 39.4 Å². The molecule has 2 heterocycles. The molecule has 0 spiro atoms. The van der Waals surface area contributed by atoms with Crippen molar-refractivity contribution in [3.63, 3.8) is 0 Å². The summed E-state index contributed by atoms with van der Waals surface area (Å²) in [7, 11) is 0. The van der Waals surface area contributed by atoms with E-state index >= 15 is 0 Å². The molecule has 150 valence electrons. The fourth-order valence-electron chi connectivity index (χ4n) is 3.37. The van der Waals surface area contributed by atoms with Crippen molar-refractivity contribution in [1.29, 1.82) is 5.26 Å². The summed E-state index contributed by atoms with van der Waals surface area (Å²) in [5, 5.41) is 19.5. The molecule has 4 amide bonds. The van der Waals surface area contributed by atoms with E-state index in [1.165, 1.54) is 15.9 Å². The van der Waals surface area contributed by atoms with Crippen LogP contribution in [0, 0.1) is 21.4 Å². The molecule has 0 aliphatic carbocycles. The first-order valence-corrected chi connectivity index (χ1v) is 8.90. The maximum Gasteiger partial charge on any atom is 0.270 e. The van der Waals surface area contributed by atoms with Gasteiger partial charge in [0.25, 0.3) is 17.5 Å². The lowest BCUT2D eigenvalue weighted by Gasteiger charge is -2.23. The zero-order valence-electron chi connectivity index (χ0n) is 15.4. The number of imide groups is 1. The fraction of sp³-hybridized carbons (Fsp3) is 0.389. The Hall–Kier alpha value is -3.81. The van der Waals surface area contributed by atoms with E-state index in [1.807, 2.05) is 0 Å². The van der Waals surface area contributed by atoms with E-state index in [0.29, 0.717) is 19.5 Å². The van der Waals surface area contributed by atoms with Crippen LogP contribution in [0.4, 0.5) is 5.69 Å². The molecule has 0 atom stereocenters. The number of nitro groups is 1. The highest BCUT2D eigenvalue weighted by Crippen LogP contribution is 2.26. The third kappa shape index (κ3) is 3.91. The van der Waals surface area contributed by atoms with E-state index in [4.69, 9.17) is 5.26 Å². The van der Waals surface area contributed by atoms with Gasteiger partial charge in [0.15, 0.2) is 0 Å². The molecular formula is C18H17N5O6. The first-order chi connectivity index (χ1) is 13.8. The van der Waals surface area contributed by atoms with Crippen LogP contribution in [-0.4, -0.2) is 76.0 Å². The quantitative estimate of drug-likeness (QED) is 0.398. The normalized spacial score (nSPS) is 16.3. The van der Waals surface area contributed by atoms with E-state index in [-0.39, 0.29) is 42.2 Å². The Morgan fingerprint density at radius 2 is 1.66 bits per heavy atom. The van der Waals surface area contributed by atoms with E-state index in [1.54, 1.807) is 6.07 Å². The zero-order valence-corrected chi connectivity index (χ0v) is 15.4. The van der Waals surface area contributed by atoms with E-state index < -0.39 is 29.2 Å². The van der Waals surface area contributed by atoms with Crippen LogP contribution in [0.15, 0.2) is 18.2 Å². The van der Waals surface area contributed by atoms with E-state index in [2.05, 4.69) is 0 Å². The standard InChI is InChI=1S/C18H17N5O6/c19-5-4-15(24)20-6-1-7-21(9-8-20)16(25)11-22-17(26)13-3-2-12(23(28)29)10-14(13)18(22)27/h2-3,10H,1,4,6-9,11H2. The lowest BCUT2D eigenvalue weighted by atomic mass is 10.1. The molecule has 2 aliphatic heterocycles. The number of benzene rings is 1. The van der Waals surface area contributed by atoms with Crippen LogP contribution in [0.2, 0.25) is 0 Å². The van der Waals surface area contributed by atoms with Gasteiger partial charge in [-0.1, -0.05) is 0 Å². The first-order valence-electron chi connectivity index (χ1n) is 8.90. The zero-order chi connectivity index (χ0) is 21.1. The number of rotatable bonds is 4. The Kier molecular flexibility index (Phi) is 5.54. The third-order valence-corrected chi connectivity index (χ3v) is 4.89. The number of carbonyl (C=O) groups excluding carboxylic acids is 4. The second kappa shape index (κ2) is 8.05. The topological polar surface area (TPSA) is 145 Å². The van der Waals surface area contributed by atoms with Gasteiger partial charge in [-0.25, -0.2) is 0 Å². The van der Waals surface area contributed by atoms with Crippen LogP contribution in [0.1, 0.15) is 33.6 Å². The van der Waals surface area contributed by atoms with Gasteiger partial charge in [0, 0.05) is 38.3 Å². The van der Waals surface area contributed by atoms with Crippen molar-refractivity contribution in [2.75, 3.05) is 32.7 Å². The van der Waals surface area contributed by atoms with Crippen LogP contribution in [0.3, 0.4) is 0 Å². The highest BCUT2D eigenvalue weighted by molar-refractivity contribution is 6.22. The van der Waals surface area contributed by atoms with Gasteiger partial charge in [0.05, 0.1) is 22.1 Å². The Labute approximate surface area is 165 Å². The average molecular weight is 399 g/mol. The summed E-state index contributed by atoms with van der Waals surface area (Å²) in [5.74, 6) is -2.18. The lowest BCUT2D eigenvalue weighted by molar-refractivity contribution is -0.384. The Balaban J connectivity index is 1.67. The monoisotopic (exact) mass is 399 g/mol. The molecule has 2 aliphatic rings. The van der Waals surface area contributed by atoms with Gasteiger partial charge >= 0.3 is 0 Å². The summed E-state index contributed by atoms with van der Waals surface area (Å²) in [6.45, 7) is 0.780. The van der Waals surface area contributed by atoms with Gasteiger partial charge in [-0.05, 0) is 12.5 Å². The molecule has 1 aromatic carbocycles. The molecule has 1 aromatic rings. The second-order valence-electron chi connectivity index (χ2n) is 6.63. The van der Waals surface area contributed by atoms with Gasteiger partial charge in [-0.3, -0.25) is 34.2 Å². The molecule has 0 N–H and O–H groups in total. The number of amides is 4. The minimum absolute atomic E-state index is 0.0255. The average Bonchev–Trinajstić information content (AvgIpc) is 2.88. The van der Waals surface area contributed by atoms with Gasteiger partial charge < -0.3 is 9.80 Å². The Morgan fingerprint density at radius 1 is 1.03 bits per heavy atom. The van der Waals surface area contributed by atoms with Gasteiger partial charge in [0.1, 0.15) is 13.0 Å². The van der Waals surface area contributed by atoms with Crippen LogP contribution < -0.4 is 0 Å². The third-order valence-electron chi connectivity index (χ3n) is 4.89. The van der Waals surface area contributed by atoms with Crippen molar-refractivity contribution in [2.45, 2.75) is 12.8 Å². The molecule has 0 aromatic heterocycles. The van der Waals surface area contributed by atoms with Crippen molar-refractivity contribution in [3.8, 4) is 6.07 Å². The Morgan fingerprint density at radius 3 is 2.28 bits per heavy atom. The van der Waals surface area contributed by atoms with Gasteiger partial charge in [-0.2, -0.15) is 5.26 Å². The number of hydrogen-bond donors (Lipinski definition) is 0. The van der Waals surface area contributed by atoms with Crippen LogP contribution in [0.25, 0.3) is 0 Å². The summed E-state index contributed by atoms with van der Waals surface area (Å²) in [4.78, 5) is 63.4. The molecule has 0 saturated carbocycles. The van der Waals surface area contributed by atoms with E-state index in [0.717, 1.165) is 17.0 Å². The number of nitrogens with zero attached hydrogens (tertiary/aromatic N) is 5. The summed E-state index contributed by atoms with van der Waals surface area (Å²) in [5.41, 5.74) is -0.383. The maximum absolute atomic E-state index is 12.6. The molecule has 3 rings (SSSR count). The Bertz CT molecular complexity index is 953. The van der Waals surface area contributed by atoms with Gasteiger partial charge in [0.2, 0.25) is 11.8 Å². The summed E-state index contributed by atoms with van der Waals surface area (Å²) in [6, 6.07) is 5.18. The number of carbonyl (C=O) groups is 4. The number of hydrogen-bond acceptors (Lipinski definition) is 7. The minimum Gasteiger partial charge on any atom is -0.340 e. The highest BCUT2D eigenvalue weighted by atomic mass is 16.6. The lowest BCUT2D eigenvalue weighted by Crippen LogP contribution is -2.44. The molecule has 11 nitrogen and oxygen atoms in total. The van der Waals surface area contributed by atoms with Gasteiger partial charge in [-0.15, -0.1) is 0 Å². The largest absolute Gasteiger partial charge is 0.340 e. The first kappa shape index (κ1) is 19.9. The van der Waals surface area contributed by atoms with Crippen molar-refractivity contribution >= 4 is 29.3 Å². The number of nitro benzene ring substituents is 1. The molecule has 1 fully saturated rings. The van der Waals surface area contributed by atoms with Crippen molar-refractivity contribution < 1.29 is 24.1 Å². The molecule has 0 radical (unpaired) electrons. The fourth-order valence-corrected chi connectivity index (χ4v) is 3.37. The van der Waals surface area contributed by atoms with Crippen molar-refractivity contribution in [1.82, 2.24) is 14.7 Å². The molecule has 0 bridgehead atoms. The van der Waals surface area contributed by atoms with Crippen molar-refractivity contribution in [2.24, 2.45) is 0 Å². The maximum atomic E-state index is 12.6. The number of nitriles is 1. The highest BCUT2D eigenvalue weighted by Gasteiger charge is 2.38. The molecular weight excluding hydrogens is 382 g/mol. The van der Waals surface area contributed by atoms with E-state index in [9.17, 15) is 29.3 Å². The summed E-state index contributed by atoms with van der Waals surface area (Å²) < 4.78 is 0. The number of fused-ring (bicyclic) bond motifs is 1. The van der Waals surface area contributed by atoms with Crippen LogP contribution in [-0.2, 0) is 9.59 Å². The molecule has 29 heavy (non-hydrogen) atoms. The molecule has 1 saturated heterocycles. The predicted molar refractivity (Wildman–Crippen MR) is 96.5 cm³/mol. The minimum atomic E-state index is -0.748. The van der Waals surface area contributed by atoms with Crippen LogP contribution >= 0.6 is 0 Å². The molecule has 11 heteroatoms. The SMILES string of the molecule is N#CCC(=O)N1CCCN(C(=O)CN2C(=O)c3ccc([N+](=O)[O-])cc3C2=O)CC1. The summed E-state index contributed by atoms with van der Waals surface area (Å²) in [6.07, 6.45) is 0.284. The van der Waals surface area contributed by atoms with Crippen LogP contribution in [0.5, 0.6) is 0 Å². The predicted octanol–water partition coefficient (Wildman–Crippen LogP) is 0.165. The number of non-ortho nitro benzene ring substituents is 1. The molecule has 0 unspecified atom stereocenters.